The summed E-state index contributed by atoms with van der Waals surface area (Å²) in [5, 5.41) is 7.26. The molecule has 5 heteroatoms. The lowest BCUT2D eigenvalue weighted by atomic mass is 9.98. The molecule has 0 aliphatic carbocycles. The van der Waals surface area contributed by atoms with Crippen LogP contribution in [0.2, 0.25) is 0 Å². The molecule has 0 unspecified atom stereocenters. The van der Waals surface area contributed by atoms with Gasteiger partial charge in [-0.05, 0) is 63.5 Å². The molecule has 0 spiro atoms. The normalized spacial score (nSPS) is 10.6. The van der Waals surface area contributed by atoms with Gasteiger partial charge < -0.3 is 5.32 Å². The third-order valence-electron chi connectivity index (χ3n) is 4.46. The summed E-state index contributed by atoms with van der Waals surface area (Å²) in [6, 6.07) is 25.6. The second-order valence-corrected chi connectivity index (χ2v) is 7.54. The SMILES string of the molecule is O=C(Nc1ccccc1I)c1ccccc1-c1ccc(Cn2cccn2)cc1. The van der Waals surface area contributed by atoms with Crippen LogP contribution in [0.1, 0.15) is 15.9 Å². The summed E-state index contributed by atoms with van der Waals surface area (Å²) in [7, 11) is 0. The van der Waals surface area contributed by atoms with Crippen molar-refractivity contribution in [3.63, 3.8) is 0 Å². The Kier molecular flexibility index (Phi) is 5.53. The number of carbonyl (C=O) groups is 1. The van der Waals surface area contributed by atoms with Gasteiger partial charge in [0.05, 0.1) is 12.2 Å². The first-order valence-corrected chi connectivity index (χ1v) is 10.0. The van der Waals surface area contributed by atoms with E-state index in [0.29, 0.717) is 5.56 Å². The highest BCUT2D eigenvalue weighted by atomic mass is 127. The molecule has 28 heavy (non-hydrogen) atoms. The largest absolute Gasteiger partial charge is 0.321 e. The summed E-state index contributed by atoms with van der Waals surface area (Å²) in [6.07, 6.45) is 3.72. The van der Waals surface area contributed by atoms with Gasteiger partial charge in [0, 0.05) is 21.5 Å². The van der Waals surface area contributed by atoms with E-state index in [0.717, 1.165) is 32.5 Å². The predicted octanol–water partition coefficient (Wildman–Crippen LogP) is 5.46. The Morgan fingerprint density at radius 1 is 0.929 bits per heavy atom. The van der Waals surface area contributed by atoms with Crippen molar-refractivity contribution in [2.45, 2.75) is 6.54 Å². The van der Waals surface area contributed by atoms with Crippen molar-refractivity contribution in [2.24, 2.45) is 0 Å². The monoisotopic (exact) mass is 479 g/mol. The molecule has 4 aromatic rings. The van der Waals surface area contributed by atoms with Crippen LogP contribution in [0.4, 0.5) is 5.69 Å². The zero-order chi connectivity index (χ0) is 19.3. The van der Waals surface area contributed by atoms with Crippen molar-refractivity contribution in [1.29, 1.82) is 0 Å². The van der Waals surface area contributed by atoms with Gasteiger partial charge in [-0.3, -0.25) is 9.48 Å². The Labute approximate surface area is 177 Å². The van der Waals surface area contributed by atoms with Crippen LogP contribution in [0.15, 0.2) is 91.3 Å². The summed E-state index contributed by atoms with van der Waals surface area (Å²) in [6.45, 7) is 0.724. The molecule has 3 aromatic carbocycles. The number of amides is 1. The number of carbonyl (C=O) groups excluding carboxylic acids is 1. The van der Waals surface area contributed by atoms with Crippen LogP contribution in [0.3, 0.4) is 0 Å². The maximum Gasteiger partial charge on any atom is 0.256 e. The fourth-order valence-corrected chi connectivity index (χ4v) is 3.58. The van der Waals surface area contributed by atoms with Gasteiger partial charge in [0.1, 0.15) is 0 Å². The Morgan fingerprint density at radius 3 is 2.43 bits per heavy atom. The summed E-state index contributed by atoms with van der Waals surface area (Å²) in [5.41, 5.74) is 4.56. The van der Waals surface area contributed by atoms with E-state index in [9.17, 15) is 4.79 Å². The third-order valence-corrected chi connectivity index (χ3v) is 5.40. The number of rotatable bonds is 5. The number of benzene rings is 3. The van der Waals surface area contributed by atoms with Crippen molar-refractivity contribution >= 4 is 34.2 Å². The number of halogens is 1. The number of nitrogens with zero attached hydrogens (tertiary/aromatic N) is 2. The maximum atomic E-state index is 12.9. The molecule has 0 radical (unpaired) electrons. The maximum absolute atomic E-state index is 12.9. The van der Waals surface area contributed by atoms with Crippen LogP contribution in [0, 0.1) is 3.57 Å². The average molecular weight is 479 g/mol. The lowest BCUT2D eigenvalue weighted by Gasteiger charge is -2.12. The number of hydrogen-bond donors (Lipinski definition) is 1. The van der Waals surface area contributed by atoms with E-state index in [1.165, 1.54) is 0 Å². The van der Waals surface area contributed by atoms with E-state index in [1.807, 2.05) is 65.5 Å². The summed E-state index contributed by atoms with van der Waals surface area (Å²) < 4.78 is 2.90. The molecule has 0 aliphatic rings. The molecule has 1 aromatic heterocycles. The second-order valence-electron chi connectivity index (χ2n) is 6.38. The number of para-hydroxylation sites is 1. The first-order valence-electron chi connectivity index (χ1n) is 8.92. The first-order chi connectivity index (χ1) is 13.7. The van der Waals surface area contributed by atoms with Crippen molar-refractivity contribution < 1.29 is 4.79 Å². The van der Waals surface area contributed by atoms with Gasteiger partial charge in [0.25, 0.3) is 5.91 Å². The molecule has 0 bridgehead atoms. The molecule has 0 saturated carbocycles. The van der Waals surface area contributed by atoms with E-state index >= 15 is 0 Å². The van der Waals surface area contributed by atoms with Gasteiger partial charge in [-0.15, -0.1) is 0 Å². The van der Waals surface area contributed by atoms with E-state index < -0.39 is 0 Å². The molecule has 138 valence electrons. The van der Waals surface area contributed by atoms with Gasteiger partial charge in [-0.25, -0.2) is 0 Å². The molecular weight excluding hydrogens is 461 g/mol. The fourth-order valence-electron chi connectivity index (χ4n) is 3.06. The molecule has 0 aliphatic heterocycles. The highest BCUT2D eigenvalue weighted by Gasteiger charge is 2.13. The predicted molar refractivity (Wildman–Crippen MR) is 120 cm³/mol. The van der Waals surface area contributed by atoms with Crippen LogP contribution in [0.5, 0.6) is 0 Å². The van der Waals surface area contributed by atoms with Crippen LogP contribution in [0.25, 0.3) is 11.1 Å². The Hall–Kier alpha value is -2.93. The molecule has 4 nitrogen and oxygen atoms in total. The highest BCUT2D eigenvalue weighted by Crippen LogP contribution is 2.26. The molecule has 1 heterocycles. The summed E-state index contributed by atoms with van der Waals surface area (Å²) in [5.74, 6) is -0.111. The van der Waals surface area contributed by atoms with Gasteiger partial charge in [-0.1, -0.05) is 54.6 Å². The molecular formula is C23H18IN3O. The first kappa shape index (κ1) is 18.4. The second kappa shape index (κ2) is 8.39. The average Bonchev–Trinajstić information content (AvgIpc) is 3.23. The van der Waals surface area contributed by atoms with Crippen molar-refractivity contribution in [2.75, 3.05) is 5.32 Å². The molecule has 0 atom stereocenters. The fraction of sp³-hybridized carbons (Fsp3) is 0.0435. The quantitative estimate of drug-likeness (QED) is 0.387. The number of anilines is 1. The van der Waals surface area contributed by atoms with Crippen LogP contribution < -0.4 is 5.32 Å². The molecule has 0 saturated heterocycles. The zero-order valence-electron chi connectivity index (χ0n) is 15.0. The van der Waals surface area contributed by atoms with Crippen LogP contribution in [-0.2, 0) is 6.54 Å². The zero-order valence-corrected chi connectivity index (χ0v) is 17.2. The third kappa shape index (κ3) is 4.14. The summed E-state index contributed by atoms with van der Waals surface area (Å²) in [4.78, 5) is 12.9. The molecule has 1 amide bonds. The molecule has 4 rings (SSSR count). The topological polar surface area (TPSA) is 46.9 Å². The summed E-state index contributed by atoms with van der Waals surface area (Å²) >= 11 is 2.22. The minimum Gasteiger partial charge on any atom is -0.321 e. The highest BCUT2D eigenvalue weighted by molar-refractivity contribution is 14.1. The molecule has 0 fully saturated rings. The van der Waals surface area contributed by atoms with Gasteiger partial charge in [0.2, 0.25) is 0 Å². The number of aromatic nitrogens is 2. The standard InChI is InChI=1S/C23H18IN3O/c24-21-8-3-4-9-22(21)26-23(28)20-7-2-1-6-19(20)18-12-10-17(11-13-18)16-27-15-5-14-25-27/h1-15H,16H2,(H,26,28). The van der Waals surface area contributed by atoms with E-state index in [1.54, 1.807) is 6.20 Å². The van der Waals surface area contributed by atoms with Crippen LogP contribution in [-0.4, -0.2) is 15.7 Å². The van der Waals surface area contributed by atoms with E-state index in [2.05, 4.69) is 57.3 Å². The lowest BCUT2D eigenvalue weighted by Crippen LogP contribution is -2.14. The van der Waals surface area contributed by atoms with Gasteiger partial charge in [-0.2, -0.15) is 5.10 Å². The van der Waals surface area contributed by atoms with Crippen molar-refractivity contribution in [3.05, 3.63) is 106 Å². The molecule has 1 N–H and O–H groups in total. The van der Waals surface area contributed by atoms with Crippen LogP contribution >= 0.6 is 22.6 Å². The Balaban J connectivity index is 1.59. The van der Waals surface area contributed by atoms with Gasteiger partial charge in [0.15, 0.2) is 0 Å². The van der Waals surface area contributed by atoms with E-state index in [4.69, 9.17) is 0 Å². The van der Waals surface area contributed by atoms with Crippen molar-refractivity contribution in [1.82, 2.24) is 9.78 Å². The Bertz CT molecular complexity index is 1090. The lowest BCUT2D eigenvalue weighted by molar-refractivity contribution is 0.102. The van der Waals surface area contributed by atoms with Crippen molar-refractivity contribution in [3.8, 4) is 11.1 Å². The Morgan fingerprint density at radius 2 is 1.68 bits per heavy atom. The smallest absolute Gasteiger partial charge is 0.256 e. The number of hydrogen-bond acceptors (Lipinski definition) is 2. The minimum atomic E-state index is -0.111. The van der Waals surface area contributed by atoms with E-state index in [-0.39, 0.29) is 5.91 Å². The minimum absolute atomic E-state index is 0.111. The number of nitrogens with one attached hydrogen (secondary N) is 1. The van der Waals surface area contributed by atoms with Gasteiger partial charge >= 0.3 is 0 Å².